The van der Waals surface area contributed by atoms with Crippen LogP contribution < -0.4 is 4.90 Å². The SMILES string of the molecule is C=C(C)COCCOC(=O)CCC(=O)N1CCN(c2ccccc2)CC1. The minimum Gasteiger partial charge on any atom is -0.463 e. The van der Waals surface area contributed by atoms with Gasteiger partial charge in [-0.05, 0) is 19.1 Å². The smallest absolute Gasteiger partial charge is 0.306 e. The van der Waals surface area contributed by atoms with Gasteiger partial charge in [0.2, 0.25) is 5.91 Å². The first-order valence-corrected chi connectivity index (χ1v) is 9.02. The van der Waals surface area contributed by atoms with Gasteiger partial charge in [-0.1, -0.05) is 30.4 Å². The molecule has 1 heterocycles. The standard InChI is InChI=1S/C20H28N2O4/c1-17(2)16-25-14-15-26-20(24)9-8-19(23)22-12-10-21(11-13-22)18-6-4-3-5-7-18/h3-7H,1,8-16H2,2H3. The van der Waals surface area contributed by atoms with E-state index in [0.717, 1.165) is 18.7 Å². The Hall–Kier alpha value is -2.34. The molecule has 0 radical (unpaired) electrons. The van der Waals surface area contributed by atoms with Crippen molar-refractivity contribution in [1.29, 1.82) is 0 Å². The summed E-state index contributed by atoms with van der Waals surface area (Å²) in [5, 5.41) is 0. The topological polar surface area (TPSA) is 59.1 Å². The van der Waals surface area contributed by atoms with Crippen molar-refractivity contribution in [2.24, 2.45) is 0 Å². The molecule has 0 unspecified atom stereocenters. The van der Waals surface area contributed by atoms with Crippen molar-refractivity contribution in [2.75, 3.05) is 50.9 Å². The van der Waals surface area contributed by atoms with E-state index >= 15 is 0 Å². The van der Waals surface area contributed by atoms with Crippen LogP contribution in [0, 0.1) is 0 Å². The Morgan fingerprint density at radius 3 is 2.38 bits per heavy atom. The molecule has 6 heteroatoms. The molecule has 1 aromatic rings. The number of carbonyl (C=O) groups is 2. The Balaban J connectivity index is 1.60. The van der Waals surface area contributed by atoms with E-state index in [-0.39, 0.29) is 31.3 Å². The van der Waals surface area contributed by atoms with Crippen LogP contribution in [0.15, 0.2) is 42.5 Å². The minimum atomic E-state index is -0.361. The van der Waals surface area contributed by atoms with Crippen LogP contribution in [-0.2, 0) is 19.1 Å². The van der Waals surface area contributed by atoms with E-state index in [1.54, 1.807) is 0 Å². The molecular weight excluding hydrogens is 332 g/mol. The highest BCUT2D eigenvalue weighted by molar-refractivity contribution is 5.81. The molecule has 142 valence electrons. The molecule has 0 aliphatic carbocycles. The molecule has 0 atom stereocenters. The summed E-state index contributed by atoms with van der Waals surface area (Å²) in [6.07, 6.45) is 0.301. The monoisotopic (exact) mass is 360 g/mol. The van der Waals surface area contributed by atoms with Gasteiger partial charge in [0.25, 0.3) is 0 Å². The van der Waals surface area contributed by atoms with Gasteiger partial charge in [-0.2, -0.15) is 0 Å². The third kappa shape index (κ3) is 6.88. The second kappa shape index (κ2) is 10.6. The third-order valence-electron chi connectivity index (χ3n) is 4.14. The summed E-state index contributed by atoms with van der Waals surface area (Å²) in [5.41, 5.74) is 2.10. The van der Waals surface area contributed by atoms with Crippen LogP contribution >= 0.6 is 0 Å². The molecule has 1 aromatic carbocycles. The number of anilines is 1. The zero-order valence-electron chi connectivity index (χ0n) is 15.5. The molecule has 1 fully saturated rings. The molecule has 1 aliphatic rings. The van der Waals surface area contributed by atoms with Crippen LogP contribution in [0.3, 0.4) is 0 Å². The maximum Gasteiger partial charge on any atom is 0.306 e. The predicted molar refractivity (Wildman–Crippen MR) is 101 cm³/mol. The summed E-state index contributed by atoms with van der Waals surface area (Å²) in [4.78, 5) is 28.0. The highest BCUT2D eigenvalue weighted by atomic mass is 16.6. The minimum absolute atomic E-state index is 0.00759. The lowest BCUT2D eigenvalue weighted by molar-refractivity contribution is -0.147. The number of benzene rings is 1. The Labute approximate surface area is 155 Å². The molecule has 1 saturated heterocycles. The fraction of sp³-hybridized carbons (Fsp3) is 0.500. The zero-order valence-corrected chi connectivity index (χ0v) is 15.5. The van der Waals surface area contributed by atoms with Crippen molar-refractivity contribution in [1.82, 2.24) is 4.90 Å². The van der Waals surface area contributed by atoms with E-state index in [9.17, 15) is 9.59 Å². The molecule has 0 spiro atoms. The lowest BCUT2D eigenvalue weighted by Gasteiger charge is -2.36. The van der Waals surface area contributed by atoms with Gasteiger partial charge >= 0.3 is 5.97 Å². The number of para-hydroxylation sites is 1. The highest BCUT2D eigenvalue weighted by Gasteiger charge is 2.21. The van der Waals surface area contributed by atoms with Crippen LogP contribution in [-0.4, -0.2) is 62.8 Å². The Morgan fingerprint density at radius 1 is 1.04 bits per heavy atom. The van der Waals surface area contributed by atoms with Crippen molar-refractivity contribution < 1.29 is 19.1 Å². The summed E-state index contributed by atoms with van der Waals surface area (Å²) >= 11 is 0. The highest BCUT2D eigenvalue weighted by Crippen LogP contribution is 2.16. The van der Waals surface area contributed by atoms with E-state index in [4.69, 9.17) is 9.47 Å². The maximum atomic E-state index is 12.3. The maximum absolute atomic E-state index is 12.3. The number of ether oxygens (including phenoxy) is 2. The quantitative estimate of drug-likeness (QED) is 0.384. The summed E-state index contributed by atoms with van der Waals surface area (Å²) < 4.78 is 10.3. The molecule has 0 bridgehead atoms. The van der Waals surface area contributed by atoms with Crippen LogP contribution in [0.2, 0.25) is 0 Å². The van der Waals surface area contributed by atoms with Crippen LogP contribution in [0.1, 0.15) is 19.8 Å². The Kier molecular flexibility index (Phi) is 8.15. The molecule has 1 amide bonds. The predicted octanol–water partition coefficient (Wildman–Crippen LogP) is 2.25. The van der Waals surface area contributed by atoms with E-state index < -0.39 is 0 Å². The molecule has 1 aliphatic heterocycles. The second-order valence-corrected chi connectivity index (χ2v) is 6.43. The number of esters is 1. The first-order valence-electron chi connectivity index (χ1n) is 9.02. The molecule has 0 N–H and O–H groups in total. The van der Waals surface area contributed by atoms with E-state index in [1.807, 2.05) is 30.0 Å². The van der Waals surface area contributed by atoms with Crippen molar-refractivity contribution in [2.45, 2.75) is 19.8 Å². The van der Waals surface area contributed by atoms with Crippen LogP contribution in [0.5, 0.6) is 0 Å². The molecule has 0 aromatic heterocycles. The van der Waals surface area contributed by atoms with Crippen LogP contribution in [0.4, 0.5) is 5.69 Å². The molecular formula is C20H28N2O4. The number of carbonyl (C=O) groups excluding carboxylic acids is 2. The van der Waals surface area contributed by atoms with Gasteiger partial charge in [-0.15, -0.1) is 0 Å². The number of nitrogens with zero attached hydrogens (tertiary/aromatic N) is 2. The number of hydrogen-bond donors (Lipinski definition) is 0. The third-order valence-corrected chi connectivity index (χ3v) is 4.14. The average Bonchev–Trinajstić information content (AvgIpc) is 2.66. The van der Waals surface area contributed by atoms with Crippen LogP contribution in [0.25, 0.3) is 0 Å². The summed E-state index contributed by atoms with van der Waals surface area (Å²) in [5.74, 6) is -0.353. The van der Waals surface area contributed by atoms with Crippen molar-refractivity contribution in [3.8, 4) is 0 Å². The molecule has 26 heavy (non-hydrogen) atoms. The van der Waals surface area contributed by atoms with Gasteiger partial charge in [0, 0.05) is 38.3 Å². The summed E-state index contributed by atoms with van der Waals surface area (Å²) in [7, 11) is 0. The van der Waals surface area contributed by atoms with Crippen molar-refractivity contribution >= 4 is 17.6 Å². The van der Waals surface area contributed by atoms with Gasteiger partial charge in [0.05, 0.1) is 19.6 Å². The van der Waals surface area contributed by atoms with Gasteiger partial charge in [0.1, 0.15) is 6.61 Å². The average molecular weight is 360 g/mol. The van der Waals surface area contributed by atoms with Gasteiger partial charge in [-0.3, -0.25) is 9.59 Å². The fourth-order valence-corrected chi connectivity index (χ4v) is 2.75. The number of rotatable bonds is 9. The van der Waals surface area contributed by atoms with Gasteiger partial charge in [-0.25, -0.2) is 0 Å². The van der Waals surface area contributed by atoms with Crippen molar-refractivity contribution in [3.63, 3.8) is 0 Å². The Bertz CT molecular complexity index is 595. The summed E-state index contributed by atoms with van der Waals surface area (Å²) in [6, 6.07) is 10.2. The second-order valence-electron chi connectivity index (χ2n) is 6.43. The normalized spacial score (nSPS) is 14.2. The van der Waals surface area contributed by atoms with E-state index in [2.05, 4.69) is 23.6 Å². The lowest BCUT2D eigenvalue weighted by Crippen LogP contribution is -2.48. The fourth-order valence-electron chi connectivity index (χ4n) is 2.75. The van der Waals surface area contributed by atoms with Crippen molar-refractivity contribution in [3.05, 3.63) is 42.5 Å². The Morgan fingerprint density at radius 2 is 1.73 bits per heavy atom. The zero-order chi connectivity index (χ0) is 18.8. The largest absolute Gasteiger partial charge is 0.463 e. The van der Waals surface area contributed by atoms with Gasteiger partial charge in [0.15, 0.2) is 0 Å². The first kappa shape index (κ1) is 20.0. The van der Waals surface area contributed by atoms with Gasteiger partial charge < -0.3 is 19.3 Å². The molecule has 2 rings (SSSR count). The molecule has 6 nitrogen and oxygen atoms in total. The van der Waals surface area contributed by atoms with E-state index in [0.29, 0.717) is 26.3 Å². The number of piperazine rings is 1. The number of amides is 1. The number of hydrogen-bond acceptors (Lipinski definition) is 5. The van der Waals surface area contributed by atoms with E-state index in [1.165, 1.54) is 5.69 Å². The summed E-state index contributed by atoms with van der Waals surface area (Å²) in [6.45, 7) is 9.57. The lowest BCUT2D eigenvalue weighted by atomic mass is 10.2. The molecule has 0 saturated carbocycles. The first-order chi connectivity index (χ1) is 12.6.